The molecule has 10 rings (SSSR count). The average Bonchev–Trinajstić information content (AvgIpc) is 4.31. The highest BCUT2D eigenvalue weighted by Crippen LogP contribution is 2.35. The van der Waals surface area contributed by atoms with Crippen molar-refractivity contribution in [3.63, 3.8) is 0 Å². The van der Waals surface area contributed by atoms with Gasteiger partial charge in [0, 0.05) is 164 Å². The van der Waals surface area contributed by atoms with Gasteiger partial charge in [-0.1, -0.05) is 7.43 Å². The lowest BCUT2D eigenvalue weighted by Crippen LogP contribution is -2.43. The molecule has 0 radical (unpaired) electrons. The highest BCUT2D eigenvalue weighted by Gasteiger charge is 2.31. The van der Waals surface area contributed by atoms with Gasteiger partial charge in [0.2, 0.25) is 0 Å². The van der Waals surface area contributed by atoms with Crippen LogP contribution in [0.3, 0.4) is 0 Å². The number of hydrogen-bond donors (Lipinski definition) is 5. The molecule has 0 saturated carbocycles. The van der Waals surface area contributed by atoms with Crippen LogP contribution in [-0.4, -0.2) is 141 Å². The van der Waals surface area contributed by atoms with Crippen LogP contribution in [0.2, 0.25) is 0 Å². The van der Waals surface area contributed by atoms with Gasteiger partial charge in [0.15, 0.2) is 0 Å². The van der Waals surface area contributed by atoms with E-state index in [2.05, 4.69) is 114 Å². The lowest BCUT2D eigenvalue weighted by atomic mass is 9.97. The van der Waals surface area contributed by atoms with E-state index in [1.807, 2.05) is 104 Å². The van der Waals surface area contributed by atoms with E-state index in [1.54, 1.807) is 15.4 Å². The monoisotopic (exact) mass is 1120 g/mol. The number of aryl methyl sites for hydroxylation is 6. The van der Waals surface area contributed by atoms with Gasteiger partial charge in [0.1, 0.15) is 0 Å². The molecule has 2 unspecified atom stereocenters. The number of aromatic amines is 2. The van der Waals surface area contributed by atoms with Crippen molar-refractivity contribution in [2.45, 2.75) is 126 Å². The number of amides is 1. The summed E-state index contributed by atoms with van der Waals surface area (Å²) in [5.74, 6) is -1.06. The first kappa shape index (κ1) is 62.2. The zero-order valence-corrected chi connectivity index (χ0v) is 49.9. The van der Waals surface area contributed by atoms with E-state index in [0.29, 0.717) is 40.9 Å². The maximum absolute atomic E-state index is 13.7. The van der Waals surface area contributed by atoms with Crippen LogP contribution in [0.25, 0.3) is 33.5 Å². The van der Waals surface area contributed by atoms with E-state index in [9.17, 15) is 24.3 Å². The summed E-state index contributed by atoms with van der Waals surface area (Å²) >= 11 is 0. The van der Waals surface area contributed by atoms with Crippen LogP contribution in [0.1, 0.15) is 136 Å². The van der Waals surface area contributed by atoms with Crippen molar-refractivity contribution in [3.05, 3.63) is 161 Å². The van der Waals surface area contributed by atoms with E-state index >= 15 is 0 Å². The zero-order chi connectivity index (χ0) is 58.7. The van der Waals surface area contributed by atoms with Crippen molar-refractivity contribution >= 4 is 22.9 Å². The molecule has 2 fully saturated rings. The lowest BCUT2D eigenvalue weighted by Gasteiger charge is -2.39. The quantitative estimate of drug-likeness (QED) is 0.0735. The van der Waals surface area contributed by atoms with Gasteiger partial charge in [-0.3, -0.25) is 33.5 Å². The number of nitrogens with one attached hydrogen (secondary N) is 3. The molecule has 19 nitrogen and oxygen atoms in total. The third-order valence-electron chi connectivity index (χ3n) is 16.8. The van der Waals surface area contributed by atoms with Crippen molar-refractivity contribution in [3.8, 4) is 22.5 Å². The fourth-order valence-corrected chi connectivity index (χ4v) is 12.1. The molecule has 2 atom stereocenters. The van der Waals surface area contributed by atoms with Gasteiger partial charge in [-0.15, -0.1) is 0 Å². The van der Waals surface area contributed by atoms with Gasteiger partial charge < -0.3 is 44.7 Å². The number of carboxylic acid groups (broad SMARTS) is 1. The molecule has 8 aromatic heterocycles. The normalized spacial score (nSPS) is 15.3. The summed E-state index contributed by atoms with van der Waals surface area (Å²) < 4.78 is 7.97. The second-order valence-corrected chi connectivity index (χ2v) is 22.8. The van der Waals surface area contributed by atoms with E-state index in [1.165, 1.54) is 0 Å². The Bertz CT molecular complexity index is 3670. The highest BCUT2D eigenvalue weighted by atomic mass is 16.4. The number of rotatable bonds is 13. The second-order valence-electron chi connectivity index (χ2n) is 22.8. The van der Waals surface area contributed by atoms with Gasteiger partial charge in [-0.2, -0.15) is 10.2 Å². The third-order valence-corrected chi connectivity index (χ3v) is 16.8. The number of nitrogens with two attached hydrogens (primary N) is 1. The van der Waals surface area contributed by atoms with Gasteiger partial charge in [-0.05, 0) is 180 Å². The number of carbonyl (C=O) groups excluding carboxylic acids is 1. The first-order chi connectivity index (χ1) is 38.4. The Morgan fingerprint density at radius 2 is 1.06 bits per heavy atom. The molecular formula is C63H88N14O5. The first-order valence-electron chi connectivity index (χ1n) is 28.2. The number of nitrogens with zero attached hydrogens (tertiary/aromatic N) is 10. The summed E-state index contributed by atoms with van der Waals surface area (Å²) in [7, 11) is 12.4. The summed E-state index contributed by atoms with van der Waals surface area (Å²) in [5, 5.41) is 22.0. The molecule has 2 saturated heterocycles. The molecular weight excluding hydrogens is 1030 g/mol. The van der Waals surface area contributed by atoms with Crippen molar-refractivity contribution in [2.75, 3.05) is 54.4 Å². The standard InChI is InChI=1S/C31H41N7O2.C23H31N5O2.C8H12N2O.CH4/c1-19-14-20(2)33-31(40)27(19)17-32-30(39)26-16-25-15-23(28-10-11-36(7)34-28)18-38(25)29(21(26)3)22(4)37-12-8-24(9-13-37)35(5)6;1-15-20(23(29)30)13-19-12-17(21-8-9-26(5)24-21)14-28(19)22(15)16(2)27-10-6-18(7-11-27)25(3)4;1-5-3-6(2)10-8(11)7(5)4-9;/h10-11,14-16,18,22,24H,8-9,12-13,17H2,1-7H3,(H,32,39)(H,33,40);8-9,12-14,16,18H,6-7,10-11H2,1-5H3,(H,29,30);3H,4,9H2,1-2H3,(H,10,11);1H4. The molecule has 0 bridgehead atoms. The number of pyridine rings is 4. The molecule has 440 valence electrons. The summed E-state index contributed by atoms with van der Waals surface area (Å²) in [6.45, 7) is 20.4. The fraction of sp³-hybridized carbons (Fsp3) is 0.460. The lowest BCUT2D eigenvalue weighted by molar-refractivity contribution is 0.0695. The Kier molecular flexibility index (Phi) is 19.9. The molecule has 0 aliphatic carbocycles. The van der Waals surface area contributed by atoms with Crippen LogP contribution in [0.4, 0.5) is 0 Å². The van der Waals surface area contributed by atoms with Gasteiger partial charge in [-0.25, -0.2) is 4.79 Å². The van der Waals surface area contributed by atoms with Gasteiger partial charge >= 0.3 is 5.97 Å². The number of aromatic carboxylic acids is 1. The molecule has 82 heavy (non-hydrogen) atoms. The predicted octanol–water partition coefficient (Wildman–Crippen LogP) is 8.49. The van der Waals surface area contributed by atoms with Crippen LogP contribution >= 0.6 is 0 Å². The average molecular weight is 1120 g/mol. The van der Waals surface area contributed by atoms with Gasteiger partial charge in [0.25, 0.3) is 17.0 Å². The maximum atomic E-state index is 13.7. The minimum Gasteiger partial charge on any atom is -0.478 e. The van der Waals surface area contributed by atoms with Crippen LogP contribution in [0, 0.1) is 41.5 Å². The number of H-pyrrole nitrogens is 2. The number of hydrogen-bond acceptors (Lipinski definition) is 11. The Morgan fingerprint density at radius 3 is 1.43 bits per heavy atom. The Hall–Kier alpha value is -7.42. The number of carboxylic acids is 1. The molecule has 10 heterocycles. The third kappa shape index (κ3) is 13.6. The van der Waals surface area contributed by atoms with E-state index < -0.39 is 5.97 Å². The summed E-state index contributed by atoms with van der Waals surface area (Å²) in [4.78, 5) is 64.5. The number of fused-ring (bicyclic) bond motifs is 2. The number of carbonyl (C=O) groups is 2. The topological polar surface area (TPSA) is 216 Å². The number of aromatic nitrogens is 8. The maximum Gasteiger partial charge on any atom is 0.336 e. The zero-order valence-electron chi connectivity index (χ0n) is 49.9. The Labute approximate surface area is 482 Å². The molecule has 0 spiro atoms. The van der Waals surface area contributed by atoms with Gasteiger partial charge in [0.05, 0.1) is 17.0 Å². The van der Waals surface area contributed by atoms with E-state index in [0.717, 1.165) is 130 Å². The number of piperidine rings is 2. The molecule has 8 aromatic rings. The second kappa shape index (κ2) is 26.2. The molecule has 2 aliphatic heterocycles. The Morgan fingerprint density at radius 1 is 0.659 bits per heavy atom. The van der Waals surface area contributed by atoms with Crippen molar-refractivity contribution < 1.29 is 14.7 Å². The van der Waals surface area contributed by atoms with Crippen molar-refractivity contribution in [2.24, 2.45) is 19.8 Å². The van der Waals surface area contributed by atoms with Crippen LogP contribution in [0.5, 0.6) is 0 Å². The SMILES string of the molecule is C.Cc1c(C(=O)O)cc2cc(-c3ccn(C)n3)cn2c1C(C)N1CCC(N(C)C)CC1.Cc1cc(C)c(CN)c(=O)[nH]1.Cc1cc(C)c(CNC(=O)c2cc3cc(-c4ccn(C)n4)cn3c(C(C)N3CCC(N(C)C)CC3)c2C)c(=O)[nH]1. The molecule has 1 amide bonds. The molecule has 0 aromatic carbocycles. The van der Waals surface area contributed by atoms with Crippen molar-refractivity contribution in [1.82, 2.24) is 63.2 Å². The first-order valence-corrected chi connectivity index (χ1v) is 28.2. The van der Waals surface area contributed by atoms with E-state index in [-0.39, 0.29) is 43.1 Å². The smallest absolute Gasteiger partial charge is 0.336 e. The molecule has 19 heteroatoms. The van der Waals surface area contributed by atoms with E-state index in [4.69, 9.17) is 5.73 Å². The largest absolute Gasteiger partial charge is 0.478 e. The summed E-state index contributed by atoms with van der Waals surface area (Å²) in [6, 6.07) is 17.1. The molecule has 6 N–H and O–H groups in total. The molecule has 2 aliphatic rings. The summed E-state index contributed by atoms with van der Waals surface area (Å²) in [5.41, 5.74) is 20.5. The van der Waals surface area contributed by atoms with Crippen LogP contribution in [0.15, 0.2) is 82.9 Å². The van der Waals surface area contributed by atoms with Crippen LogP contribution < -0.4 is 22.2 Å². The number of likely N-dealkylation sites (tertiary alicyclic amines) is 2. The fourth-order valence-electron chi connectivity index (χ4n) is 12.1. The minimum atomic E-state index is -0.879. The van der Waals surface area contributed by atoms with Crippen LogP contribution in [-0.2, 0) is 27.2 Å². The minimum absolute atomic E-state index is 0. The van der Waals surface area contributed by atoms with Crippen molar-refractivity contribution in [1.29, 1.82) is 0 Å². The summed E-state index contributed by atoms with van der Waals surface area (Å²) in [6.07, 6.45) is 12.6. The highest BCUT2D eigenvalue weighted by molar-refractivity contribution is 5.97. The predicted molar refractivity (Wildman–Crippen MR) is 328 cm³/mol. The Balaban J connectivity index is 0.000000202.